The Bertz CT molecular complexity index is 611. The molecule has 0 saturated heterocycles. The van der Waals surface area contributed by atoms with Crippen molar-refractivity contribution in [3.8, 4) is 11.5 Å². The third-order valence-electron chi connectivity index (χ3n) is 3.00. The lowest BCUT2D eigenvalue weighted by atomic mass is 10.1. The third kappa shape index (κ3) is 3.04. The van der Waals surface area contributed by atoms with Gasteiger partial charge in [0, 0.05) is 6.54 Å². The van der Waals surface area contributed by atoms with E-state index in [0.717, 1.165) is 11.1 Å². The van der Waals surface area contributed by atoms with Gasteiger partial charge in [0.1, 0.15) is 5.82 Å². The maximum Gasteiger partial charge on any atom is 0.172 e. The lowest BCUT2D eigenvalue weighted by molar-refractivity contribution is 0.371. The Hall–Kier alpha value is -1.75. The summed E-state index contributed by atoms with van der Waals surface area (Å²) < 4.78 is 19.3. The van der Waals surface area contributed by atoms with Crippen molar-refractivity contribution in [2.24, 2.45) is 0 Å². The zero-order chi connectivity index (χ0) is 14.7. The second-order valence-corrected chi connectivity index (χ2v) is 5.27. The van der Waals surface area contributed by atoms with Gasteiger partial charge in [0.05, 0.1) is 17.3 Å². The van der Waals surface area contributed by atoms with Gasteiger partial charge in [-0.2, -0.15) is 0 Å². The van der Waals surface area contributed by atoms with E-state index in [1.165, 1.54) is 13.2 Å². The SMILES string of the molecule is COc1cc(CNc2c(C)cccc2F)cc(Br)c1O. The van der Waals surface area contributed by atoms with E-state index < -0.39 is 0 Å². The van der Waals surface area contributed by atoms with Gasteiger partial charge in [-0.1, -0.05) is 12.1 Å². The summed E-state index contributed by atoms with van der Waals surface area (Å²) in [6, 6.07) is 8.42. The van der Waals surface area contributed by atoms with Crippen molar-refractivity contribution < 1.29 is 14.2 Å². The average Bonchev–Trinajstić information content (AvgIpc) is 2.42. The average molecular weight is 340 g/mol. The largest absolute Gasteiger partial charge is 0.503 e. The minimum Gasteiger partial charge on any atom is -0.503 e. The summed E-state index contributed by atoms with van der Waals surface area (Å²) in [7, 11) is 1.49. The number of aromatic hydroxyl groups is 1. The zero-order valence-corrected chi connectivity index (χ0v) is 12.8. The number of benzene rings is 2. The van der Waals surface area contributed by atoms with Gasteiger partial charge in [0.2, 0.25) is 0 Å². The molecular weight excluding hydrogens is 325 g/mol. The number of methoxy groups -OCH3 is 1. The van der Waals surface area contributed by atoms with Crippen molar-refractivity contribution in [1.29, 1.82) is 0 Å². The maximum absolute atomic E-state index is 13.7. The molecule has 106 valence electrons. The molecule has 5 heteroatoms. The predicted octanol–water partition coefficient (Wildman–Crippen LogP) is 4.22. The Labute approximate surface area is 125 Å². The van der Waals surface area contributed by atoms with Crippen LogP contribution < -0.4 is 10.1 Å². The Morgan fingerprint density at radius 3 is 2.75 bits per heavy atom. The van der Waals surface area contributed by atoms with E-state index in [0.29, 0.717) is 22.5 Å². The van der Waals surface area contributed by atoms with E-state index in [-0.39, 0.29) is 11.6 Å². The van der Waals surface area contributed by atoms with Crippen LogP contribution in [-0.2, 0) is 6.54 Å². The van der Waals surface area contributed by atoms with Crippen LogP contribution in [0.1, 0.15) is 11.1 Å². The highest BCUT2D eigenvalue weighted by atomic mass is 79.9. The molecule has 0 amide bonds. The lowest BCUT2D eigenvalue weighted by Crippen LogP contribution is -2.03. The maximum atomic E-state index is 13.7. The summed E-state index contributed by atoms with van der Waals surface area (Å²) in [5, 5.41) is 12.8. The molecule has 3 nitrogen and oxygen atoms in total. The summed E-state index contributed by atoms with van der Waals surface area (Å²) >= 11 is 3.26. The normalized spacial score (nSPS) is 10.4. The highest BCUT2D eigenvalue weighted by Gasteiger charge is 2.10. The van der Waals surface area contributed by atoms with Crippen molar-refractivity contribution in [2.75, 3.05) is 12.4 Å². The molecule has 2 N–H and O–H groups in total. The summed E-state index contributed by atoms with van der Waals surface area (Å²) in [5.74, 6) is 0.148. The molecule has 0 aliphatic rings. The number of nitrogens with one attached hydrogen (secondary N) is 1. The van der Waals surface area contributed by atoms with Crippen molar-refractivity contribution in [2.45, 2.75) is 13.5 Å². The first-order chi connectivity index (χ1) is 9.52. The topological polar surface area (TPSA) is 41.5 Å². The molecule has 2 aromatic carbocycles. The Morgan fingerprint density at radius 2 is 2.10 bits per heavy atom. The number of halogens is 2. The monoisotopic (exact) mass is 339 g/mol. The summed E-state index contributed by atoms with van der Waals surface area (Å²) in [6.45, 7) is 2.27. The fourth-order valence-electron chi connectivity index (χ4n) is 1.93. The van der Waals surface area contributed by atoms with Crippen molar-refractivity contribution >= 4 is 21.6 Å². The van der Waals surface area contributed by atoms with E-state index >= 15 is 0 Å². The molecule has 0 aliphatic heterocycles. The van der Waals surface area contributed by atoms with Gasteiger partial charge < -0.3 is 15.2 Å². The number of rotatable bonds is 4. The summed E-state index contributed by atoms with van der Waals surface area (Å²) in [4.78, 5) is 0. The number of para-hydroxylation sites is 1. The highest BCUT2D eigenvalue weighted by Crippen LogP contribution is 2.35. The molecule has 2 rings (SSSR count). The summed E-state index contributed by atoms with van der Waals surface area (Å²) in [5.41, 5.74) is 2.19. The van der Waals surface area contributed by atoms with Crippen molar-refractivity contribution in [3.63, 3.8) is 0 Å². The molecule has 0 atom stereocenters. The molecule has 0 unspecified atom stereocenters. The van der Waals surface area contributed by atoms with E-state index in [9.17, 15) is 9.50 Å². The minimum absolute atomic E-state index is 0.0540. The van der Waals surface area contributed by atoms with E-state index in [1.54, 1.807) is 18.2 Å². The van der Waals surface area contributed by atoms with Gasteiger partial charge in [0.15, 0.2) is 11.5 Å². The van der Waals surface area contributed by atoms with Gasteiger partial charge in [-0.05, 0) is 52.2 Å². The van der Waals surface area contributed by atoms with E-state index in [1.807, 2.05) is 13.0 Å². The van der Waals surface area contributed by atoms with Gasteiger partial charge in [-0.25, -0.2) is 4.39 Å². The molecule has 20 heavy (non-hydrogen) atoms. The molecule has 0 bridgehead atoms. The molecule has 0 saturated carbocycles. The fourth-order valence-corrected chi connectivity index (χ4v) is 2.42. The molecule has 2 aromatic rings. The number of anilines is 1. The quantitative estimate of drug-likeness (QED) is 0.876. The predicted molar refractivity (Wildman–Crippen MR) is 80.8 cm³/mol. The van der Waals surface area contributed by atoms with Gasteiger partial charge in [-0.3, -0.25) is 0 Å². The number of phenolic OH excluding ortho intramolecular Hbond substituents is 1. The number of ether oxygens (including phenoxy) is 1. The second-order valence-electron chi connectivity index (χ2n) is 4.41. The highest BCUT2D eigenvalue weighted by molar-refractivity contribution is 9.10. The number of hydrogen-bond acceptors (Lipinski definition) is 3. The van der Waals surface area contributed by atoms with Gasteiger partial charge in [-0.15, -0.1) is 0 Å². The first kappa shape index (κ1) is 14.7. The van der Waals surface area contributed by atoms with Crippen LogP contribution in [0.4, 0.5) is 10.1 Å². The molecule has 0 fully saturated rings. The van der Waals surface area contributed by atoms with Crippen molar-refractivity contribution in [1.82, 2.24) is 0 Å². The van der Waals surface area contributed by atoms with Crippen LogP contribution in [-0.4, -0.2) is 12.2 Å². The van der Waals surface area contributed by atoms with Crippen LogP contribution in [0.2, 0.25) is 0 Å². The van der Waals surface area contributed by atoms with E-state index in [2.05, 4.69) is 21.2 Å². The molecule has 0 aromatic heterocycles. The zero-order valence-electron chi connectivity index (χ0n) is 11.2. The van der Waals surface area contributed by atoms with Crippen LogP contribution in [0.25, 0.3) is 0 Å². The van der Waals surface area contributed by atoms with Crippen LogP contribution >= 0.6 is 15.9 Å². The number of phenols is 1. The van der Waals surface area contributed by atoms with Crippen LogP contribution in [0.3, 0.4) is 0 Å². The molecule has 0 radical (unpaired) electrons. The smallest absolute Gasteiger partial charge is 0.172 e. The molecule has 0 aliphatic carbocycles. The lowest BCUT2D eigenvalue weighted by Gasteiger charge is -2.12. The standard InChI is InChI=1S/C15H15BrFNO2/c1-9-4-3-5-12(17)14(9)18-8-10-6-11(16)15(19)13(7-10)20-2/h3-7,18-19H,8H2,1-2H3. The fraction of sp³-hybridized carbons (Fsp3) is 0.200. The van der Waals surface area contributed by atoms with E-state index in [4.69, 9.17) is 4.74 Å². The number of hydrogen-bond donors (Lipinski definition) is 2. The molecule has 0 spiro atoms. The molecule has 0 heterocycles. The van der Waals surface area contributed by atoms with Crippen LogP contribution in [0.15, 0.2) is 34.8 Å². The first-order valence-corrected chi connectivity index (χ1v) is 6.86. The second kappa shape index (κ2) is 6.13. The first-order valence-electron chi connectivity index (χ1n) is 6.07. The Morgan fingerprint density at radius 1 is 1.35 bits per heavy atom. The van der Waals surface area contributed by atoms with Gasteiger partial charge in [0.25, 0.3) is 0 Å². The third-order valence-corrected chi connectivity index (χ3v) is 3.60. The van der Waals surface area contributed by atoms with Crippen LogP contribution in [0.5, 0.6) is 11.5 Å². The number of aryl methyl sites for hydroxylation is 1. The minimum atomic E-state index is -0.283. The molecular formula is C15H15BrFNO2. The van der Waals surface area contributed by atoms with Gasteiger partial charge >= 0.3 is 0 Å². The Balaban J connectivity index is 2.21. The van der Waals surface area contributed by atoms with Crippen molar-refractivity contribution in [3.05, 3.63) is 51.7 Å². The van der Waals surface area contributed by atoms with Crippen LogP contribution in [0, 0.1) is 12.7 Å². The summed E-state index contributed by atoms with van der Waals surface area (Å²) in [6.07, 6.45) is 0. The Kier molecular flexibility index (Phi) is 4.49.